The molecule has 1 fully saturated rings. The van der Waals surface area contributed by atoms with E-state index in [2.05, 4.69) is 11.9 Å². The summed E-state index contributed by atoms with van der Waals surface area (Å²) in [5.41, 5.74) is 6.87. The van der Waals surface area contributed by atoms with Crippen LogP contribution in [0.1, 0.15) is 46.6 Å². The van der Waals surface area contributed by atoms with Crippen LogP contribution in [-0.2, 0) is 22.6 Å². The van der Waals surface area contributed by atoms with Gasteiger partial charge in [0.15, 0.2) is 5.69 Å². The molecular formula is C25H35N5O4. The van der Waals surface area contributed by atoms with Crippen LogP contribution in [0.5, 0.6) is 0 Å². The van der Waals surface area contributed by atoms with Gasteiger partial charge in [0, 0.05) is 31.7 Å². The van der Waals surface area contributed by atoms with Crippen LogP contribution in [0.2, 0.25) is 0 Å². The van der Waals surface area contributed by atoms with Crippen molar-refractivity contribution in [1.82, 2.24) is 9.55 Å². The third-order valence-electron chi connectivity index (χ3n) is 5.98. The molecule has 0 radical (unpaired) electrons. The summed E-state index contributed by atoms with van der Waals surface area (Å²) in [6, 6.07) is 7.72. The Hall–Kier alpha value is -3.36. The van der Waals surface area contributed by atoms with Crippen LogP contribution in [0, 0.1) is 17.8 Å². The predicted octanol–water partition coefficient (Wildman–Crippen LogP) is 2.38. The van der Waals surface area contributed by atoms with Crippen molar-refractivity contribution in [2.24, 2.45) is 17.8 Å². The molecule has 1 saturated heterocycles. The molecule has 0 spiro atoms. The van der Waals surface area contributed by atoms with E-state index in [1.165, 1.54) is 9.47 Å². The third kappa shape index (κ3) is 5.24. The highest BCUT2D eigenvalue weighted by molar-refractivity contribution is 6.05. The Balaban J connectivity index is 1.96. The number of hydrogen-bond donors (Lipinski definition) is 2. The third-order valence-corrected chi connectivity index (χ3v) is 5.98. The van der Waals surface area contributed by atoms with Gasteiger partial charge in [-0.05, 0) is 36.0 Å². The van der Waals surface area contributed by atoms with Crippen LogP contribution >= 0.6 is 0 Å². The molecule has 2 aromatic rings. The van der Waals surface area contributed by atoms with E-state index in [1.807, 2.05) is 52.0 Å². The van der Waals surface area contributed by atoms with Crippen LogP contribution in [-0.4, -0.2) is 34.5 Å². The number of aryl methyl sites for hydroxylation is 1. The summed E-state index contributed by atoms with van der Waals surface area (Å²) in [5.74, 6) is -1.01. The molecule has 9 nitrogen and oxygen atoms in total. The molecule has 0 aliphatic carbocycles. The van der Waals surface area contributed by atoms with E-state index >= 15 is 0 Å². The molecule has 34 heavy (non-hydrogen) atoms. The highest BCUT2D eigenvalue weighted by Gasteiger charge is 2.39. The van der Waals surface area contributed by atoms with Gasteiger partial charge >= 0.3 is 5.69 Å². The lowest BCUT2D eigenvalue weighted by Gasteiger charge is -2.28. The minimum absolute atomic E-state index is 0.0304. The number of nitrogens with two attached hydrogens (primary N) is 1. The van der Waals surface area contributed by atoms with Crippen molar-refractivity contribution in [3.05, 3.63) is 50.7 Å². The van der Waals surface area contributed by atoms with E-state index in [9.17, 15) is 19.2 Å². The lowest BCUT2D eigenvalue weighted by Crippen LogP contribution is -2.45. The molecule has 2 heterocycles. The summed E-state index contributed by atoms with van der Waals surface area (Å²) in [6.07, 6.45) is 0.945. The lowest BCUT2D eigenvalue weighted by molar-refractivity contribution is -0.124. The smallest absolute Gasteiger partial charge is 0.330 e. The van der Waals surface area contributed by atoms with E-state index in [0.29, 0.717) is 6.54 Å². The standard InChI is InChI=1S/C25H35N5O4/c1-6-17-7-9-19(10-8-17)28-14-18(11-20(28)31)24(33)29(12-15(2)3)21-22(26)30(13-16(4)5)25(34)27-23(21)32/h7-10,15-16,18H,6,11-14,26H2,1-5H3,(H,27,32,34). The monoisotopic (exact) mass is 469 g/mol. The number of anilines is 3. The number of H-pyrrole nitrogens is 1. The quantitative estimate of drug-likeness (QED) is 0.615. The zero-order valence-electron chi connectivity index (χ0n) is 20.6. The summed E-state index contributed by atoms with van der Waals surface area (Å²) < 4.78 is 1.30. The van der Waals surface area contributed by atoms with E-state index < -0.39 is 17.2 Å². The number of carbonyl (C=O) groups excluding carboxylic acids is 2. The minimum Gasteiger partial charge on any atom is -0.383 e. The fraction of sp³-hybridized carbons (Fsp3) is 0.520. The number of nitrogen functional groups attached to an aromatic ring is 1. The number of rotatable bonds is 8. The Morgan fingerprint density at radius 3 is 2.32 bits per heavy atom. The average Bonchev–Trinajstić information content (AvgIpc) is 3.16. The molecule has 1 aliphatic heterocycles. The molecule has 0 bridgehead atoms. The van der Waals surface area contributed by atoms with Crippen LogP contribution in [0.25, 0.3) is 0 Å². The van der Waals surface area contributed by atoms with Crippen molar-refractivity contribution in [3.8, 4) is 0 Å². The fourth-order valence-electron chi connectivity index (χ4n) is 4.30. The summed E-state index contributed by atoms with van der Waals surface area (Å²) in [7, 11) is 0. The van der Waals surface area contributed by atoms with Crippen LogP contribution in [0.3, 0.4) is 0 Å². The number of aromatic nitrogens is 2. The van der Waals surface area contributed by atoms with E-state index in [0.717, 1.165) is 17.7 Å². The number of aromatic amines is 1. The maximum Gasteiger partial charge on any atom is 0.330 e. The molecule has 3 N–H and O–H groups in total. The zero-order chi connectivity index (χ0) is 25.2. The predicted molar refractivity (Wildman–Crippen MR) is 134 cm³/mol. The second kappa shape index (κ2) is 10.3. The van der Waals surface area contributed by atoms with Gasteiger partial charge in [0.25, 0.3) is 5.56 Å². The van der Waals surface area contributed by atoms with E-state index in [-0.39, 0.29) is 54.7 Å². The highest BCUT2D eigenvalue weighted by atomic mass is 16.2. The first-order valence-electron chi connectivity index (χ1n) is 11.9. The molecule has 2 amide bonds. The first-order chi connectivity index (χ1) is 16.0. The van der Waals surface area contributed by atoms with Crippen molar-refractivity contribution in [1.29, 1.82) is 0 Å². The fourth-order valence-corrected chi connectivity index (χ4v) is 4.30. The minimum atomic E-state index is -0.701. The van der Waals surface area contributed by atoms with Gasteiger partial charge in [0.05, 0.1) is 5.92 Å². The average molecular weight is 470 g/mol. The number of amides is 2. The first-order valence-corrected chi connectivity index (χ1v) is 11.9. The second-order valence-corrected chi connectivity index (χ2v) is 9.77. The molecule has 0 saturated carbocycles. The highest BCUT2D eigenvalue weighted by Crippen LogP contribution is 2.29. The number of carbonyl (C=O) groups is 2. The van der Waals surface area contributed by atoms with Gasteiger partial charge in [-0.3, -0.25) is 23.9 Å². The topological polar surface area (TPSA) is 122 Å². The number of nitrogens with one attached hydrogen (secondary N) is 1. The Morgan fingerprint density at radius 1 is 1.12 bits per heavy atom. The Morgan fingerprint density at radius 2 is 1.76 bits per heavy atom. The summed E-state index contributed by atoms with van der Waals surface area (Å²) in [6.45, 7) is 10.5. The van der Waals surface area contributed by atoms with Gasteiger partial charge in [0.2, 0.25) is 11.8 Å². The maximum atomic E-state index is 13.7. The molecule has 184 valence electrons. The molecule has 1 aliphatic rings. The molecule has 1 atom stereocenters. The van der Waals surface area contributed by atoms with Crippen molar-refractivity contribution >= 4 is 29.0 Å². The van der Waals surface area contributed by atoms with Gasteiger partial charge < -0.3 is 15.5 Å². The number of hydrogen-bond acceptors (Lipinski definition) is 5. The van der Waals surface area contributed by atoms with E-state index in [4.69, 9.17) is 5.73 Å². The van der Waals surface area contributed by atoms with Gasteiger partial charge in [0.1, 0.15) is 5.82 Å². The molecule has 1 aromatic heterocycles. The largest absolute Gasteiger partial charge is 0.383 e. The van der Waals surface area contributed by atoms with Gasteiger partial charge in [-0.25, -0.2) is 4.79 Å². The van der Waals surface area contributed by atoms with Gasteiger partial charge in [-0.2, -0.15) is 0 Å². The molecule has 3 rings (SSSR count). The van der Waals surface area contributed by atoms with E-state index in [1.54, 1.807) is 4.90 Å². The normalized spacial score (nSPS) is 16.0. The Kier molecular flexibility index (Phi) is 7.64. The zero-order valence-corrected chi connectivity index (χ0v) is 20.6. The maximum absolute atomic E-state index is 13.7. The Labute approximate surface area is 199 Å². The summed E-state index contributed by atoms with van der Waals surface area (Å²) >= 11 is 0. The Bertz CT molecular complexity index is 1160. The second-order valence-electron chi connectivity index (χ2n) is 9.77. The number of nitrogens with zero attached hydrogens (tertiary/aromatic N) is 3. The molecular weight excluding hydrogens is 434 g/mol. The van der Waals surface area contributed by atoms with Crippen LogP contribution in [0.15, 0.2) is 33.9 Å². The summed E-state index contributed by atoms with van der Waals surface area (Å²) in [4.78, 5) is 57.0. The molecule has 9 heteroatoms. The summed E-state index contributed by atoms with van der Waals surface area (Å²) in [5, 5.41) is 0. The SMILES string of the molecule is CCc1ccc(N2CC(C(=O)N(CC(C)C)c3c(N)n(CC(C)C)c(=O)[nH]c3=O)CC2=O)cc1. The van der Waals surface area contributed by atoms with Crippen molar-refractivity contribution < 1.29 is 9.59 Å². The van der Waals surface area contributed by atoms with Crippen LogP contribution in [0.4, 0.5) is 17.2 Å². The van der Waals surface area contributed by atoms with Gasteiger partial charge in [-0.1, -0.05) is 46.8 Å². The lowest BCUT2D eigenvalue weighted by atomic mass is 10.1. The molecule has 1 unspecified atom stereocenters. The van der Waals surface area contributed by atoms with Crippen LogP contribution < -0.4 is 26.8 Å². The van der Waals surface area contributed by atoms with Gasteiger partial charge in [-0.15, -0.1) is 0 Å². The van der Waals surface area contributed by atoms with Crippen molar-refractivity contribution in [2.45, 2.75) is 54.0 Å². The van der Waals surface area contributed by atoms with Crippen molar-refractivity contribution in [2.75, 3.05) is 28.6 Å². The molecule has 1 aromatic carbocycles. The first kappa shape index (κ1) is 25.3. The van der Waals surface area contributed by atoms with Crippen molar-refractivity contribution in [3.63, 3.8) is 0 Å². The number of benzene rings is 1.